The van der Waals surface area contributed by atoms with Gasteiger partial charge in [-0.1, -0.05) is 291 Å². The molecule has 1 saturated heterocycles. The van der Waals surface area contributed by atoms with Crippen molar-refractivity contribution in [3.05, 3.63) is 97.2 Å². The van der Waals surface area contributed by atoms with Gasteiger partial charge < -0.3 is 45.1 Å². The number of aliphatic hydroxyl groups excluding tert-OH is 5. The Kier molecular flexibility index (Phi) is 56.0. The Labute approximate surface area is 514 Å². The lowest BCUT2D eigenvalue weighted by atomic mass is 9.99. The van der Waals surface area contributed by atoms with Crippen molar-refractivity contribution in [1.82, 2.24) is 5.32 Å². The van der Waals surface area contributed by atoms with Crippen LogP contribution >= 0.6 is 0 Å². The molecule has 0 radical (unpaired) electrons. The molecule has 1 fully saturated rings. The summed E-state index contributed by atoms with van der Waals surface area (Å²) < 4.78 is 17.6. The predicted octanol–water partition coefficient (Wildman–Crippen LogP) is 17.5. The van der Waals surface area contributed by atoms with Crippen LogP contribution in [0.1, 0.15) is 290 Å². The van der Waals surface area contributed by atoms with Gasteiger partial charge in [0.1, 0.15) is 24.4 Å². The molecule has 0 aromatic rings. The van der Waals surface area contributed by atoms with Gasteiger partial charge in [-0.25, -0.2) is 0 Å². The third-order valence-corrected chi connectivity index (χ3v) is 15.7. The summed E-state index contributed by atoms with van der Waals surface area (Å²) in [5.74, 6) is -1.28. The minimum Gasteiger partial charge on any atom is -0.454 e. The van der Waals surface area contributed by atoms with Crippen LogP contribution in [-0.4, -0.2) is 99.6 Å². The number of esters is 1. The molecule has 1 amide bonds. The van der Waals surface area contributed by atoms with Crippen molar-refractivity contribution in [2.75, 3.05) is 13.2 Å². The molecular weight excluding hydrogens is 1050 g/mol. The Morgan fingerprint density at radius 3 is 1.29 bits per heavy atom. The van der Waals surface area contributed by atoms with Gasteiger partial charge in [-0.3, -0.25) is 9.59 Å². The number of rotatable bonds is 58. The van der Waals surface area contributed by atoms with Crippen molar-refractivity contribution in [2.24, 2.45) is 0 Å². The van der Waals surface area contributed by atoms with E-state index in [4.69, 9.17) is 14.2 Å². The van der Waals surface area contributed by atoms with Crippen LogP contribution in [0.25, 0.3) is 0 Å². The van der Waals surface area contributed by atoms with Gasteiger partial charge >= 0.3 is 5.97 Å². The van der Waals surface area contributed by atoms with Crippen LogP contribution in [0, 0.1) is 0 Å². The lowest BCUT2D eigenvalue weighted by molar-refractivity contribution is -0.305. The van der Waals surface area contributed by atoms with Crippen molar-refractivity contribution in [3.63, 3.8) is 0 Å². The number of aliphatic hydroxyl groups is 5. The molecule has 8 unspecified atom stereocenters. The van der Waals surface area contributed by atoms with Crippen molar-refractivity contribution in [3.8, 4) is 0 Å². The number of unbranched alkanes of at least 4 members (excludes halogenated alkanes) is 30. The van der Waals surface area contributed by atoms with Gasteiger partial charge in [0.05, 0.1) is 25.4 Å². The first-order valence-corrected chi connectivity index (χ1v) is 34.5. The number of allylic oxidation sites excluding steroid dienone is 15. The summed E-state index contributed by atoms with van der Waals surface area (Å²) in [6, 6.07) is -1.04. The molecule has 0 bridgehead atoms. The van der Waals surface area contributed by atoms with Gasteiger partial charge in [-0.15, -0.1) is 0 Å². The lowest BCUT2D eigenvalue weighted by Gasteiger charge is -2.41. The summed E-state index contributed by atoms with van der Waals surface area (Å²) in [7, 11) is 0. The quantitative estimate of drug-likeness (QED) is 0.0195. The van der Waals surface area contributed by atoms with Gasteiger partial charge in [0, 0.05) is 6.42 Å². The van der Waals surface area contributed by atoms with Gasteiger partial charge in [-0.05, 0) is 89.9 Å². The number of carbonyl (C=O) groups is 2. The molecule has 0 aliphatic carbocycles. The number of nitrogens with one attached hydrogen (secondary N) is 1. The van der Waals surface area contributed by atoms with E-state index in [1.165, 1.54) is 161 Å². The highest BCUT2D eigenvalue weighted by molar-refractivity contribution is 5.80. The minimum absolute atomic E-state index is 0.00481. The minimum atomic E-state index is -1.65. The van der Waals surface area contributed by atoms with Gasteiger partial charge in [0.15, 0.2) is 12.4 Å². The second-order valence-corrected chi connectivity index (χ2v) is 23.5. The zero-order valence-electron chi connectivity index (χ0n) is 53.7. The molecule has 1 aliphatic rings. The van der Waals surface area contributed by atoms with Gasteiger partial charge in [0.25, 0.3) is 0 Å². The van der Waals surface area contributed by atoms with Crippen LogP contribution < -0.4 is 5.32 Å². The van der Waals surface area contributed by atoms with Crippen molar-refractivity contribution >= 4 is 11.9 Å². The van der Waals surface area contributed by atoms with Crippen LogP contribution in [0.3, 0.4) is 0 Å². The predicted molar refractivity (Wildman–Crippen MR) is 352 cm³/mol. The van der Waals surface area contributed by atoms with E-state index in [0.29, 0.717) is 19.3 Å². The summed E-state index contributed by atoms with van der Waals surface area (Å²) in [6.45, 7) is 5.65. The molecule has 6 N–H and O–H groups in total. The fraction of sp³-hybridized carbons (Fsp3) is 0.753. The maximum atomic E-state index is 13.5. The lowest BCUT2D eigenvalue weighted by Crippen LogP contribution is -2.61. The third-order valence-electron chi connectivity index (χ3n) is 15.7. The molecule has 484 valence electrons. The highest BCUT2D eigenvalue weighted by Gasteiger charge is 2.47. The Morgan fingerprint density at radius 2 is 0.857 bits per heavy atom. The van der Waals surface area contributed by atoms with Crippen LogP contribution in [-0.2, 0) is 23.8 Å². The van der Waals surface area contributed by atoms with E-state index in [0.717, 1.165) is 77.0 Å². The van der Waals surface area contributed by atoms with Crippen molar-refractivity contribution < 1.29 is 49.3 Å². The number of hydrogen-bond acceptors (Lipinski definition) is 10. The molecular formula is C73H127NO10. The monoisotopic (exact) mass is 1180 g/mol. The van der Waals surface area contributed by atoms with E-state index in [1.807, 2.05) is 18.2 Å². The summed E-state index contributed by atoms with van der Waals surface area (Å²) >= 11 is 0. The Morgan fingerprint density at radius 1 is 0.476 bits per heavy atom. The summed E-state index contributed by atoms with van der Waals surface area (Å²) in [5.41, 5.74) is 0. The largest absolute Gasteiger partial charge is 0.454 e. The molecule has 8 atom stereocenters. The first-order valence-electron chi connectivity index (χ1n) is 34.5. The normalized spacial score (nSPS) is 19.1. The zero-order chi connectivity index (χ0) is 61.0. The number of ether oxygens (including phenoxy) is 3. The van der Waals surface area contributed by atoms with Crippen LogP contribution in [0.5, 0.6) is 0 Å². The van der Waals surface area contributed by atoms with E-state index in [2.05, 4.69) is 99.0 Å². The van der Waals surface area contributed by atoms with Crippen LogP contribution in [0.4, 0.5) is 0 Å². The van der Waals surface area contributed by atoms with E-state index in [-0.39, 0.29) is 19.4 Å². The molecule has 84 heavy (non-hydrogen) atoms. The summed E-state index contributed by atoms with van der Waals surface area (Å²) in [6.07, 6.45) is 70.4. The fourth-order valence-corrected chi connectivity index (χ4v) is 10.3. The van der Waals surface area contributed by atoms with E-state index < -0.39 is 67.4 Å². The SMILES string of the molecule is CC/C=C\C/C=C\C/C=C\C/C=C\C/C=C\C/C=C\CCC(=O)OC1C(OCC(NC(=O)C(O)CCCCCCCCCCCCCCCC/C=C/CCCCCCCC)C(O)/C=C/CCCCCCCCCCCC)OC(CO)C(O)C1O. The third kappa shape index (κ3) is 46.8. The average molecular weight is 1180 g/mol. The van der Waals surface area contributed by atoms with Crippen LogP contribution in [0.15, 0.2) is 97.2 Å². The van der Waals surface area contributed by atoms with Gasteiger partial charge in [-0.2, -0.15) is 0 Å². The van der Waals surface area contributed by atoms with E-state index >= 15 is 0 Å². The van der Waals surface area contributed by atoms with Gasteiger partial charge in [0.2, 0.25) is 5.91 Å². The zero-order valence-corrected chi connectivity index (χ0v) is 53.7. The highest BCUT2D eigenvalue weighted by atomic mass is 16.7. The highest BCUT2D eigenvalue weighted by Crippen LogP contribution is 2.26. The smallest absolute Gasteiger partial charge is 0.306 e. The molecule has 1 rings (SSSR count). The summed E-state index contributed by atoms with van der Waals surface area (Å²) in [4.78, 5) is 26.6. The van der Waals surface area contributed by atoms with Crippen LogP contribution in [0.2, 0.25) is 0 Å². The molecule has 0 aromatic carbocycles. The Balaban J connectivity index is 2.63. The van der Waals surface area contributed by atoms with Crippen molar-refractivity contribution in [1.29, 1.82) is 0 Å². The first kappa shape index (κ1) is 78.6. The van der Waals surface area contributed by atoms with Crippen molar-refractivity contribution in [2.45, 2.75) is 339 Å². The Bertz CT molecular complexity index is 1740. The number of carbonyl (C=O) groups excluding carboxylic acids is 2. The Hall–Kier alpha value is -3.42. The average Bonchev–Trinajstić information content (AvgIpc) is 3.69. The molecule has 1 heterocycles. The summed E-state index contributed by atoms with van der Waals surface area (Å²) in [5, 5.41) is 57.1. The van der Waals surface area contributed by atoms with E-state index in [9.17, 15) is 35.1 Å². The maximum Gasteiger partial charge on any atom is 0.306 e. The molecule has 0 spiro atoms. The second-order valence-electron chi connectivity index (χ2n) is 23.5. The number of hydrogen-bond donors (Lipinski definition) is 6. The van der Waals surface area contributed by atoms with E-state index in [1.54, 1.807) is 6.08 Å². The second kappa shape index (κ2) is 59.9. The fourth-order valence-electron chi connectivity index (χ4n) is 10.3. The standard InChI is InChI=1S/C73H127NO10/c1-4-7-10-13-16-19-22-25-27-29-31-32-33-34-35-37-38-40-42-45-48-51-54-57-60-66(77)72(81)74-64(65(76)59-56-53-50-47-44-24-21-18-15-12-9-6-3)63-82-73-71(70(80)69(79)67(62-75)83-73)84-68(78)61-58-55-52-49-46-43-41-39-36-30-28-26-23-20-17-14-11-8-5-2/h8,11,17,20,25-28,36,39,43,46,52,55-56,59,64-67,69-71,73,75-77,79-80H,4-7,9-10,12-16,18-19,21-24,29-35,37-38,40-42,44-45,47-51,53-54,57-58,60-63H2,1-3H3,(H,74,81)/b11-8-,20-17-,27-25+,28-26-,39-36-,46-43-,55-52-,59-56+. The first-order chi connectivity index (χ1) is 41.2. The molecule has 11 heteroatoms. The topological polar surface area (TPSA) is 175 Å². The number of amides is 1. The molecule has 0 saturated carbocycles. The maximum absolute atomic E-state index is 13.5. The molecule has 1 aliphatic heterocycles. The molecule has 0 aromatic heterocycles. The molecule has 11 nitrogen and oxygen atoms in total.